The summed E-state index contributed by atoms with van der Waals surface area (Å²) in [6, 6.07) is 10.9. The first kappa shape index (κ1) is 21.0. The zero-order valence-electron chi connectivity index (χ0n) is 14.5. The summed E-state index contributed by atoms with van der Waals surface area (Å²) in [5.41, 5.74) is 0.702. The first-order chi connectivity index (χ1) is 12.6. The van der Waals surface area contributed by atoms with Crippen molar-refractivity contribution in [2.24, 2.45) is 0 Å². The van der Waals surface area contributed by atoms with Crippen molar-refractivity contribution in [3.05, 3.63) is 54.1 Å². The highest BCUT2D eigenvalue weighted by Crippen LogP contribution is 2.25. The van der Waals surface area contributed by atoms with Crippen LogP contribution >= 0.6 is 0 Å². The maximum atomic E-state index is 12.3. The minimum atomic E-state index is -4.85. The van der Waals surface area contributed by atoms with E-state index >= 15 is 0 Å². The maximum Gasteiger partial charge on any atom is 0.573 e. The molecule has 0 heterocycles. The van der Waals surface area contributed by atoms with Crippen LogP contribution in [-0.2, 0) is 14.8 Å². The van der Waals surface area contributed by atoms with Gasteiger partial charge in [-0.1, -0.05) is 12.1 Å². The van der Waals surface area contributed by atoms with Gasteiger partial charge in [0.05, 0.1) is 18.1 Å². The van der Waals surface area contributed by atoms with Crippen molar-refractivity contribution in [3.63, 3.8) is 0 Å². The first-order valence-electron chi connectivity index (χ1n) is 7.67. The zero-order chi connectivity index (χ0) is 20.1. The molecule has 0 radical (unpaired) electrons. The van der Waals surface area contributed by atoms with Gasteiger partial charge in [0.15, 0.2) is 0 Å². The van der Waals surface area contributed by atoms with Crippen LogP contribution in [0.5, 0.6) is 11.5 Å². The van der Waals surface area contributed by atoms with E-state index in [1.807, 2.05) is 0 Å². The van der Waals surface area contributed by atoms with E-state index in [1.54, 1.807) is 24.3 Å². The van der Waals surface area contributed by atoms with Gasteiger partial charge in [0.1, 0.15) is 11.5 Å². The Labute approximate surface area is 154 Å². The fraction of sp³-hybridized carbons (Fsp3) is 0.294. The lowest BCUT2D eigenvalue weighted by atomic mass is 10.1. The van der Waals surface area contributed by atoms with Crippen molar-refractivity contribution in [3.8, 4) is 11.5 Å². The molecule has 0 bridgehead atoms. The predicted molar refractivity (Wildman–Crippen MR) is 91.1 cm³/mol. The molecule has 0 aliphatic carbocycles. The summed E-state index contributed by atoms with van der Waals surface area (Å²) in [6.07, 6.45) is -5.43. The number of alkyl halides is 3. The highest BCUT2D eigenvalue weighted by molar-refractivity contribution is 7.89. The number of halogens is 3. The van der Waals surface area contributed by atoms with Gasteiger partial charge in [-0.25, -0.2) is 13.1 Å². The van der Waals surface area contributed by atoms with Crippen LogP contribution < -0.4 is 14.2 Å². The van der Waals surface area contributed by atoms with Crippen LogP contribution in [0.25, 0.3) is 0 Å². The molecule has 1 N–H and O–H groups in total. The van der Waals surface area contributed by atoms with Crippen LogP contribution in [0.3, 0.4) is 0 Å². The highest BCUT2D eigenvalue weighted by atomic mass is 32.2. The Morgan fingerprint density at radius 2 is 1.70 bits per heavy atom. The Bertz CT molecular complexity index is 854. The van der Waals surface area contributed by atoms with Crippen molar-refractivity contribution in [1.29, 1.82) is 0 Å². The first-order valence-corrected chi connectivity index (χ1v) is 9.15. The van der Waals surface area contributed by atoms with E-state index in [0.717, 1.165) is 24.3 Å². The average Bonchev–Trinajstić information content (AvgIpc) is 2.61. The van der Waals surface area contributed by atoms with Gasteiger partial charge in [-0.3, -0.25) is 0 Å². The van der Waals surface area contributed by atoms with Gasteiger partial charge in [0.25, 0.3) is 0 Å². The summed E-state index contributed by atoms with van der Waals surface area (Å²) in [4.78, 5) is -0.197. The smallest absolute Gasteiger partial charge is 0.497 e. The summed E-state index contributed by atoms with van der Waals surface area (Å²) in [5, 5.41) is 0. The second kappa shape index (κ2) is 8.59. The van der Waals surface area contributed by atoms with Crippen molar-refractivity contribution in [2.45, 2.75) is 17.4 Å². The third kappa shape index (κ3) is 6.12. The van der Waals surface area contributed by atoms with E-state index in [1.165, 1.54) is 14.2 Å². The van der Waals surface area contributed by atoms with Gasteiger partial charge >= 0.3 is 6.36 Å². The second-order valence-electron chi connectivity index (χ2n) is 5.37. The Morgan fingerprint density at radius 1 is 1.04 bits per heavy atom. The van der Waals surface area contributed by atoms with Crippen LogP contribution in [-0.4, -0.2) is 35.5 Å². The number of rotatable bonds is 8. The molecule has 0 saturated heterocycles. The van der Waals surface area contributed by atoms with Gasteiger partial charge in [-0.05, 0) is 42.0 Å². The summed E-state index contributed by atoms with van der Waals surface area (Å²) in [6.45, 7) is -0.0766. The lowest BCUT2D eigenvalue weighted by Crippen LogP contribution is -2.29. The molecule has 0 unspecified atom stereocenters. The lowest BCUT2D eigenvalue weighted by molar-refractivity contribution is -0.274. The molecule has 10 heteroatoms. The molecule has 0 amide bonds. The zero-order valence-corrected chi connectivity index (χ0v) is 15.3. The predicted octanol–water partition coefficient (Wildman–Crippen LogP) is 3.26. The molecule has 0 fully saturated rings. The van der Waals surface area contributed by atoms with E-state index in [4.69, 9.17) is 9.47 Å². The van der Waals surface area contributed by atoms with Crippen LogP contribution in [0.1, 0.15) is 11.7 Å². The molecule has 1 atom stereocenters. The Morgan fingerprint density at radius 3 is 2.26 bits per heavy atom. The molecule has 0 aromatic heterocycles. The molecule has 6 nitrogen and oxygen atoms in total. The van der Waals surface area contributed by atoms with Gasteiger partial charge in [0, 0.05) is 13.7 Å². The number of hydrogen-bond donors (Lipinski definition) is 1. The number of hydrogen-bond acceptors (Lipinski definition) is 5. The lowest BCUT2D eigenvalue weighted by Gasteiger charge is -2.17. The van der Waals surface area contributed by atoms with E-state index in [9.17, 15) is 21.6 Å². The van der Waals surface area contributed by atoms with Gasteiger partial charge in [-0.15, -0.1) is 13.2 Å². The number of ether oxygens (including phenoxy) is 3. The largest absolute Gasteiger partial charge is 0.573 e. The summed E-state index contributed by atoms with van der Waals surface area (Å²) >= 11 is 0. The topological polar surface area (TPSA) is 73.9 Å². The number of methoxy groups -OCH3 is 2. The minimum absolute atomic E-state index is 0.0766. The van der Waals surface area contributed by atoms with E-state index in [0.29, 0.717) is 11.3 Å². The van der Waals surface area contributed by atoms with Crippen LogP contribution in [0.2, 0.25) is 0 Å². The molecule has 2 rings (SSSR count). The molecular formula is C17H18F3NO5S. The quantitative estimate of drug-likeness (QED) is 0.730. The van der Waals surface area contributed by atoms with E-state index < -0.39 is 28.2 Å². The van der Waals surface area contributed by atoms with Crippen molar-refractivity contribution < 1.29 is 35.8 Å². The maximum absolute atomic E-state index is 12.3. The second-order valence-corrected chi connectivity index (χ2v) is 7.14. The number of sulfonamides is 1. The molecule has 0 aliphatic rings. The summed E-state index contributed by atoms with van der Waals surface area (Å²) in [7, 11) is -1.01. The van der Waals surface area contributed by atoms with Crippen molar-refractivity contribution in [2.75, 3.05) is 20.8 Å². The summed E-state index contributed by atoms with van der Waals surface area (Å²) in [5.74, 6) is 0.0882. The fourth-order valence-electron chi connectivity index (χ4n) is 2.27. The van der Waals surface area contributed by atoms with Crippen LogP contribution in [0, 0.1) is 0 Å². The van der Waals surface area contributed by atoms with Crippen molar-refractivity contribution in [1.82, 2.24) is 4.72 Å². The summed E-state index contributed by atoms with van der Waals surface area (Å²) < 4.78 is 77.7. The minimum Gasteiger partial charge on any atom is -0.497 e. The van der Waals surface area contributed by atoms with E-state index in [-0.39, 0.29) is 11.4 Å². The molecule has 2 aromatic carbocycles. The normalized spacial score (nSPS) is 13.2. The molecule has 0 aliphatic heterocycles. The SMILES string of the molecule is COc1cccc([C@@H](CNS(=O)(=O)c2ccc(OC(F)(F)F)cc2)OC)c1. The average molecular weight is 405 g/mol. The third-order valence-corrected chi connectivity index (χ3v) is 5.02. The van der Waals surface area contributed by atoms with E-state index in [2.05, 4.69) is 9.46 Å². The molecule has 2 aromatic rings. The molecule has 0 spiro atoms. The molecular weight excluding hydrogens is 387 g/mol. The fourth-order valence-corrected chi connectivity index (χ4v) is 3.30. The molecule has 0 saturated carbocycles. The Balaban J connectivity index is 2.08. The van der Waals surface area contributed by atoms with Gasteiger partial charge in [0.2, 0.25) is 10.0 Å². The number of nitrogens with one attached hydrogen (secondary N) is 1. The highest BCUT2D eigenvalue weighted by Gasteiger charge is 2.31. The van der Waals surface area contributed by atoms with Crippen LogP contribution in [0.4, 0.5) is 13.2 Å². The molecule has 27 heavy (non-hydrogen) atoms. The Hall–Kier alpha value is -2.30. The number of benzene rings is 2. The third-order valence-electron chi connectivity index (χ3n) is 3.58. The monoisotopic (exact) mass is 405 g/mol. The van der Waals surface area contributed by atoms with Gasteiger partial charge in [-0.2, -0.15) is 0 Å². The van der Waals surface area contributed by atoms with Crippen molar-refractivity contribution >= 4 is 10.0 Å². The Kier molecular flexibility index (Phi) is 6.68. The molecule has 148 valence electrons. The van der Waals surface area contributed by atoms with Crippen LogP contribution in [0.15, 0.2) is 53.4 Å². The standard InChI is InChI=1S/C17H18F3NO5S/c1-24-14-5-3-4-12(10-14)16(25-2)11-21-27(22,23)15-8-6-13(7-9-15)26-17(18,19)20/h3-10,16,21H,11H2,1-2H3/t16-/m1/s1. The van der Waals surface area contributed by atoms with Gasteiger partial charge < -0.3 is 14.2 Å².